The standard InChI is InChI=1S/C29H24IN3O3S2/c1-19(27(34)31-23-9-7-22(30)8-10-23)38-25-13-11-24(12-14-25)32-29(36)26(17-20-15-16-37-18-20)33-28(35)21-5-3-2-4-6-21/h2-19H,1H3,(H,31,34)(H,32,36)(H,33,35)/b26-17-. The number of carbonyl (C=O) groups excluding carboxylic acids is 3. The number of anilines is 2. The van der Waals surface area contributed by atoms with Gasteiger partial charge in [-0.3, -0.25) is 14.4 Å². The Bertz CT molecular complexity index is 1420. The molecule has 0 fully saturated rings. The highest BCUT2D eigenvalue weighted by Crippen LogP contribution is 2.26. The molecule has 1 aromatic heterocycles. The van der Waals surface area contributed by atoms with Crippen molar-refractivity contribution in [2.75, 3.05) is 10.6 Å². The summed E-state index contributed by atoms with van der Waals surface area (Å²) in [6, 6.07) is 25.5. The smallest absolute Gasteiger partial charge is 0.272 e. The zero-order valence-electron chi connectivity index (χ0n) is 20.3. The Hall–Kier alpha value is -3.41. The van der Waals surface area contributed by atoms with Crippen molar-refractivity contribution >= 4 is 80.9 Å². The molecule has 0 spiro atoms. The number of halogens is 1. The number of thiophene rings is 1. The van der Waals surface area contributed by atoms with Crippen LogP contribution >= 0.6 is 45.7 Å². The molecule has 38 heavy (non-hydrogen) atoms. The SMILES string of the molecule is CC(Sc1ccc(NC(=O)/C(=C/c2ccsc2)NC(=O)c2ccccc2)cc1)C(=O)Nc1ccc(I)cc1. The van der Waals surface area contributed by atoms with Crippen LogP contribution in [0.1, 0.15) is 22.8 Å². The monoisotopic (exact) mass is 653 g/mol. The largest absolute Gasteiger partial charge is 0.325 e. The lowest BCUT2D eigenvalue weighted by Gasteiger charge is -2.13. The third-order valence-corrected chi connectivity index (χ3v) is 7.82. The van der Waals surface area contributed by atoms with Gasteiger partial charge in [-0.1, -0.05) is 18.2 Å². The van der Waals surface area contributed by atoms with Gasteiger partial charge >= 0.3 is 0 Å². The number of hydrogen-bond acceptors (Lipinski definition) is 5. The van der Waals surface area contributed by atoms with E-state index in [-0.39, 0.29) is 22.8 Å². The minimum absolute atomic E-state index is 0.0917. The van der Waals surface area contributed by atoms with E-state index in [2.05, 4.69) is 38.5 Å². The van der Waals surface area contributed by atoms with Gasteiger partial charge in [-0.25, -0.2) is 0 Å². The highest BCUT2D eigenvalue weighted by Gasteiger charge is 2.17. The molecule has 0 saturated heterocycles. The molecule has 1 unspecified atom stereocenters. The molecule has 0 aliphatic heterocycles. The van der Waals surface area contributed by atoms with Crippen molar-refractivity contribution < 1.29 is 14.4 Å². The molecule has 3 aromatic carbocycles. The van der Waals surface area contributed by atoms with E-state index >= 15 is 0 Å². The Kier molecular flexibility index (Phi) is 9.74. The van der Waals surface area contributed by atoms with Crippen molar-refractivity contribution in [3.8, 4) is 0 Å². The summed E-state index contributed by atoms with van der Waals surface area (Å²) < 4.78 is 1.10. The minimum atomic E-state index is -0.439. The summed E-state index contributed by atoms with van der Waals surface area (Å²) in [5.74, 6) is -0.899. The number of hydrogen-bond donors (Lipinski definition) is 3. The van der Waals surface area contributed by atoms with Crippen LogP contribution in [0.25, 0.3) is 6.08 Å². The van der Waals surface area contributed by atoms with Crippen LogP contribution < -0.4 is 16.0 Å². The van der Waals surface area contributed by atoms with Gasteiger partial charge in [-0.2, -0.15) is 11.3 Å². The third-order valence-electron chi connectivity index (χ3n) is 5.29. The minimum Gasteiger partial charge on any atom is -0.325 e. The van der Waals surface area contributed by atoms with Crippen molar-refractivity contribution in [1.82, 2.24) is 5.32 Å². The fraction of sp³-hybridized carbons (Fsp3) is 0.0690. The number of amides is 3. The first-order valence-electron chi connectivity index (χ1n) is 11.6. The molecule has 192 valence electrons. The van der Waals surface area contributed by atoms with E-state index in [4.69, 9.17) is 0 Å². The second-order valence-electron chi connectivity index (χ2n) is 8.17. The second-order valence-corrected chi connectivity index (χ2v) is 11.6. The van der Waals surface area contributed by atoms with Crippen LogP contribution in [0.3, 0.4) is 0 Å². The molecular formula is C29H24IN3O3S2. The molecule has 3 N–H and O–H groups in total. The lowest BCUT2D eigenvalue weighted by molar-refractivity contribution is -0.115. The molecular weight excluding hydrogens is 629 g/mol. The molecule has 1 heterocycles. The molecule has 0 saturated carbocycles. The lowest BCUT2D eigenvalue weighted by atomic mass is 10.2. The summed E-state index contributed by atoms with van der Waals surface area (Å²) in [4.78, 5) is 39.3. The Morgan fingerprint density at radius 2 is 1.53 bits per heavy atom. The first-order chi connectivity index (χ1) is 18.4. The van der Waals surface area contributed by atoms with Crippen molar-refractivity contribution in [3.05, 3.63) is 116 Å². The van der Waals surface area contributed by atoms with E-state index < -0.39 is 5.91 Å². The topological polar surface area (TPSA) is 87.3 Å². The molecule has 0 aliphatic rings. The molecule has 3 amide bonds. The number of carbonyl (C=O) groups is 3. The van der Waals surface area contributed by atoms with Crippen LogP contribution in [0.2, 0.25) is 0 Å². The van der Waals surface area contributed by atoms with Crippen molar-refractivity contribution in [2.45, 2.75) is 17.1 Å². The normalized spacial score (nSPS) is 11.9. The predicted octanol–water partition coefficient (Wildman–Crippen LogP) is 6.88. The maximum absolute atomic E-state index is 13.1. The molecule has 0 bridgehead atoms. The van der Waals surface area contributed by atoms with E-state index in [0.717, 1.165) is 19.7 Å². The summed E-state index contributed by atoms with van der Waals surface area (Å²) in [6.45, 7) is 1.85. The molecule has 6 nitrogen and oxygen atoms in total. The van der Waals surface area contributed by atoms with Crippen LogP contribution in [0.4, 0.5) is 11.4 Å². The van der Waals surface area contributed by atoms with Crippen LogP contribution in [-0.2, 0) is 9.59 Å². The fourth-order valence-electron chi connectivity index (χ4n) is 3.32. The number of rotatable bonds is 9. The first-order valence-corrected chi connectivity index (χ1v) is 14.5. The van der Waals surface area contributed by atoms with Gasteiger partial charge in [-0.05, 0) is 119 Å². The number of benzene rings is 3. The Morgan fingerprint density at radius 1 is 0.868 bits per heavy atom. The molecule has 4 aromatic rings. The predicted molar refractivity (Wildman–Crippen MR) is 164 cm³/mol. The van der Waals surface area contributed by atoms with Crippen molar-refractivity contribution in [3.63, 3.8) is 0 Å². The van der Waals surface area contributed by atoms with Crippen LogP contribution in [0.5, 0.6) is 0 Å². The fourth-order valence-corrected chi connectivity index (χ4v) is 5.16. The average molecular weight is 654 g/mol. The van der Waals surface area contributed by atoms with E-state index in [1.54, 1.807) is 42.5 Å². The average Bonchev–Trinajstić information content (AvgIpc) is 3.44. The Morgan fingerprint density at radius 3 is 2.18 bits per heavy atom. The first kappa shape index (κ1) is 27.6. The van der Waals surface area contributed by atoms with Gasteiger partial charge in [0.1, 0.15) is 5.70 Å². The zero-order chi connectivity index (χ0) is 26.9. The van der Waals surface area contributed by atoms with Crippen LogP contribution in [0.15, 0.2) is 106 Å². The van der Waals surface area contributed by atoms with Gasteiger partial charge in [0.2, 0.25) is 5.91 Å². The Labute approximate surface area is 243 Å². The molecule has 4 rings (SSSR count). The Balaban J connectivity index is 1.39. The van der Waals surface area contributed by atoms with Gasteiger partial charge in [0.05, 0.1) is 5.25 Å². The van der Waals surface area contributed by atoms with Crippen molar-refractivity contribution in [2.24, 2.45) is 0 Å². The third kappa shape index (κ3) is 8.04. The van der Waals surface area contributed by atoms with E-state index in [1.807, 2.05) is 66.2 Å². The van der Waals surface area contributed by atoms with Crippen molar-refractivity contribution in [1.29, 1.82) is 0 Å². The van der Waals surface area contributed by atoms with E-state index in [9.17, 15) is 14.4 Å². The van der Waals surface area contributed by atoms with Gasteiger partial charge in [0.15, 0.2) is 0 Å². The van der Waals surface area contributed by atoms with E-state index in [1.165, 1.54) is 23.1 Å². The molecule has 9 heteroatoms. The number of nitrogens with one attached hydrogen (secondary N) is 3. The highest BCUT2D eigenvalue weighted by atomic mass is 127. The summed E-state index contributed by atoms with van der Waals surface area (Å²) in [7, 11) is 0. The zero-order valence-corrected chi connectivity index (χ0v) is 24.1. The molecule has 1 atom stereocenters. The summed E-state index contributed by atoms with van der Waals surface area (Å²) in [5, 5.41) is 12.0. The van der Waals surface area contributed by atoms with Gasteiger partial charge in [0.25, 0.3) is 11.8 Å². The molecule has 0 radical (unpaired) electrons. The second kappa shape index (κ2) is 13.4. The van der Waals surface area contributed by atoms with Crippen LogP contribution in [-0.4, -0.2) is 23.0 Å². The molecule has 0 aliphatic carbocycles. The number of thioether (sulfide) groups is 1. The lowest BCUT2D eigenvalue weighted by Crippen LogP contribution is -2.30. The highest BCUT2D eigenvalue weighted by molar-refractivity contribution is 14.1. The van der Waals surface area contributed by atoms with Gasteiger partial charge in [-0.15, -0.1) is 11.8 Å². The summed E-state index contributed by atoms with van der Waals surface area (Å²) in [6.07, 6.45) is 1.64. The maximum Gasteiger partial charge on any atom is 0.272 e. The summed E-state index contributed by atoms with van der Waals surface area (Å²) in [5.41, 5.74) is 2.74. The maximum atomic E-state index is 13.1. The quantitative estimate of drug-likeness (QED) is 0.104. The van der Waals surface area contributed by atoms with Gasteiger partial charge < -0.3 is 16.0 Å². The summed E-state index contributed by atoms with van der Waals surface area (Å²) >= 11 is 5.14. The van der Waals surface area contributed by atoms with E-state index in [0.29, 0.717) is 11.3 Å². The van der Waals surface area contributed by atoms with Crippen LogP contribution in [0, 0.1) is 3.57 Å². The van der Waals surface area contributed by atoms with Gasteiger partial charge in [0, 0.05) is 25.4 Å².